The second kappa shape index (κ2) is 13.0. The molecule has 38 heavy (non-hydrogen) atoms. The van der Waals surface area contributed by atoms with Crippen molar-refractivity contribution in [2.24, 2.45) is 0 Å². The van der Waals surface area contributed by atoms with Crippen LogP contribution in [0.3, 0.4) is 0 Å². The molecule has 2 amide bonds. The van der Waals surface area contributed by atoms with E-state index in [4.69, 9.17) is 25.8 Å². The number of allylic oxidation sites excluding steroid dienone is 1. The summed E-state index contributed by atoms with van der Waals surface area (Å²) >= 11 is 10.2. The SMILES string of the molecule is C=CCc1cc(/C=C2\SC(=O)N(CCOc3ccc(Cl)cc3)C2=O)cc(OC)c1OCc1ccc(Br)cc1. The lowest BCUT2D eigenvalue weighted by Crippen LogP contribution is -2.32. The number of hydrogen-bond acceptors (Lipinski definition) is 6. The van der Waals surface area contributed by atoms with E-state index < -0.39 is 0 Å². The summed E-state index contributed by atoms with van der Waals surface area (Å²) in [7, 11) is 1.57. The van der Waals surface area contributed by atoms with E-state index in [1.807, 2.05) is 30.3 Å². The van der Waals surface area contributed by atoms with Gasteiger partial charge in [0.05, 0.1) is 18.6 Å². The summed E-state index contributed by atoms with van der Waals surface area (Å²) in [5.74, 6) is 1.39. The molecule has 0 saturated carbocycles. The highest BCUT2D eigenvalue weighted by Gasteiger charge is 2.35. The van der Waals surface area contributed by atoms with Crippen LogP contribution in [0.4, 0.5) is 4.79 Å². The summed E-state index contributed by atoms with van der Waals surface area (Å²) in [5, 5.41) is 0.263. The molecule has 0 aromatic heterocycles. The van der Waals surface area contributed by atoms with Crippen LogP contribution in [0.25, 0.3) is 6.08 Å². The molecule has 1 aliphatic heterocycles. The Kier molecular flexibility index (Phi) is 9.55. The van der Waals surface area contributed by atoms with E-state index in [1.165, 1.54) is 4.90 Å². The fraction of sp³-hybridized carbons (Fsp3) is 0.172. The van der Waals surface area contributed by atoms with Gasteiger partial charge in [-0.15, -0.1) is 6.58 Å². The van der Waals surface area contributed by atoms with Crippen molar-refractivity contribution in [2.75, 3.05) is 20.3 Å². The van der Waals surface area contributed by atoms with Gasteiger partial charge in [-0.25, -0.2) is 0 Å². The van der Waals surface area contributed by atoms with Gasteiger partial charge in [-0.05, 0) is 83.9 Å². The Morgan fingerprint density at radius 1 is 1.05 bits per heavy atom. The summed E-state index contributed by atoms with van der Waals surface area (Å²) in [5.41, 5.74) is 2.59. The van der Waals surface area contributed by atoms with Crippen LogP contribution < -0.4 is 14.2 Å². The highest BCUT2D eigenvalue weighted by atomic mass is 79.9. The molecule has 4 rings (SSSR count). The zero-order valence-electron chi connectivity index (χ0n) is 20.6. The molecule has 1 saturated heterocycles. The van der Waals surface area contributed by atoms with Crippen molar-refractivity contribution in [1.29, 1.82) is 0 Å². The quantitative estimate of drug-likeness (QED) is 0.164. The minimum Gasteiger partial charge on any atom is -0.493 e. The molecule has 1 fully saturated rings. The zero-order valence-corrected chi connectivity index (χ0v) is 23.8. The lowest BCUT2D eigenvalue weighted by molar-refractivity contribution is -0.123. The maximum absolute atomic E-state index is 13.0. The number of carbonyl (C=O) groups is 2. The summed E-state index contributed by atoms with van der Waals surface area (Å²) in [6.45, 7) is 4.53. The van der Waals surface area contributed by atoms with Crippen LogP contribution in [0.2, 0.25) is 5.02 Å². The van der Waals surface area contributed by atoms with Crippen molar-refractivity contribution >= 4 is 56.5 Å². The van der Waals surface area contributed by atoms with Crippen LogP contribution in [-0.4, -0.2) is 36.3 Å². The van der Waals surface area contributed by atoms with Gasteiger partial charge in [0.2, 0.25) is 0 Å². The van der Waals surface area contributed by atoms with Gasteiger partial charge in [0.15, 0.2) is 11.5 Å². The summed E-state index contributed by atoms with van der Waals surface area (Å²) in [6, 6.07) is 18.5. The fourth-order valence-corrected chi connectivity index (χ4v) is 5.01. The second-order valence-corrected chi connectivity index (χ2v) is 10.6. The molecule has 0 aliphatic carbocycles. The first kappa shape index (κ1) is 27.8. The van der Waals surface area contributed by atoms with Gasteiger partial charge in [0, 0.05) is 15.1 Å². The van der Waals surface area contributed by atoms with Crippen LogP contribution >= 0.6 is 39.3 Å². The van der Waals surface area contributed by atoms with Gasteiger partial charge in [0.1, 0.15) is 19.0 Å². The number of hydrogen-bond donors (Lipinski definition) is 0. The first-order valence-corrected chi connectivity index (χ1v) is 13.7. The molecule has 0 bridgehead atoms. The van der Waals surface area contributed by atoms with Gasteiger partial charge in [-0.2, -0.15) is 0 Å². The van der Waals surface area contributed by atoms with Crippen molar-refractivity contribution in [3.8, 4) is 17.2 Å². The maximum Gasteiger partial charge on any atom is 0.293 e. The van der Waals surface area contributed by atoms with Gasteiger partial charge in [0.25, 0.3) is 11.1 Å². The molecular formula is C29H25BrClNO5S. The zero-order chi connectivity index (χ0) is 27.1. The van der Waals surface area contributed by atoms with E-state index in [-0.39, 0.29) is 24.3 Å². The predicted octanol–water partition coefficient (Wildman–Crippen LogP) is 7.53. The fourth-order valence-electron chi connectivity index (χ4n) is 3.76. The molecule has 3 aromatic rings. The third-order valence-electron chi connectivity index (χ3n) is 5.60. The standard InChI is InChI=1S/C29H25BrClNO5S/c1-3-4-21-15-20(16-25(35-2)27(21)37-18-19-5-7-22(30)8-6-19)17-26-28(33)32(29(34)38-26)13-14-36-24-11-9-23(31)10-12-24/h3,5-12,15-17H,1,4,13-14,18H2,2H3/b26-17-. The number of benzene rings is 3. The lowest BCUT2D eigenvalue weighted by atomic mass is 10.0. The van der Waals surface area contributed by atoms with Crippen molar-refractivity contribution < 1.29 is 23.8 Å². The van der Waals surface area contributed by atoms with Crippen LogP contribution in [0.5, 0.6) is 17.2 Å². The summed E-state index contributed by atoms with van der Waals surface area (Å²) < 4.78 is 18.4. The Balaban J connectivity index is 1.49. The van der Waals surface area contributed by atoms with Gasteiger partial charge in [-0.3, -0.25) is 14.5 Å². The van der Waals surface area contributed by atoms with Crippen molar-refractivity contribution in [3.05, 3.63) is 104 Å². The number of imide groups is 1. The molecule has 196 valence electrons. The van der Waals surface area contributed by atoms with Crippen LogP contribution in [-0.2, 0) is 17.8 Å². The lowest BCUT2D eigenvalue weighted by Gasteiger charge is -2.16. The molecule has 0 spiro atoms. The third kappa shape index (κ3) is 7.01. The van der Waals surface area contributed by atoms with Crippen LogP contribution in [0, 0.1) is 0 Å². The highest BCUT2D eigenvalue weighted by molar-refractivity contribution is 9.10. The van der Waals surface area contributed by atoms with Crippen LogP contribution in [0.15, 0.2) is 82.7 Å². The van der Waals surface area contributed by atoms with E-state index in [1.54, 1.807) is 49.6 Å². The van der Waals surface area contributed by atoms with E-state index in [2.05, 4.69) is 22.5 Å². The number of nitrogens with zero attached hydrogens (tertiary/aromatic N) is 1. The second-order valence-electron chi connectivity index (χ2n) is 8.26. The van der Waals surface area contributed by atoms with E-state index in [9.17, 15) is 9.59 Å². The average Bonchev–Trinajstić information content (AvgIpc) is 3.17. The van der Waals surface area contributed by atoms with E-state index in [0.717, 1.165) is 32.9 Å². The Bertz CT molecular complexity index is 1360. The number of rotatable bonds is 11. The van der Waals surface area contributed by atoms with Crippen LogP contribution in [0.1, 0.15) is 16.7 Å². The average molecular weight is 615 g/mol. The molecule has 3 aromatic carbocycles. The number of thioether (sulfide) groups is 1. The molecule has 0 unspecified atom stereocenters. The third-order valence-corrected chi connectivity index (χ3v) is 7.29. The smallest absolute Gasteiger partial charge is 0.293 e. The number of carbonyl (C=O) groups excluding carboxylic acids is 2. The Morgan fingerprint density at radius 3 is 2.47 bits per heavy atom. The number of halogens is 2. The number of ether oxygens (including phenoxy) is 3. The van der Waals surface area contributed by atoms with Gasteiger partial charge < -0.3 is 14.2 Å². The molecule has 1 heterocycles. The molecular weight excluding hydrogens is 590 g/mol. The molecule has 0 N–H and O–H groups in total. The van der Waals surface area contributed by atoms with Gasteiger partial charge >= 0.3 is 0 Å². The van der Waals surface area contributed by atoms with Gasteiger partial charge in [-0.1, -0.05) is 45.7 Å². The van der Waals surface area contributed by atoms with E-state index >= 15 is 0 Å². The Labute approximate surface area is 239 Å². The molecule has 1 aliphatic rings. The summed E-state index contributed by atoms with van der Waals surface area (Å²) in [4.78, 5) is 27.1. The first-order valence-electron chi connectivity index (χ1n) is 11.7. The minimum atomic E-state index is -0.362. The first-order chi connectivity index (χ1) is 18.4. The molecule has 9 heteroatoms. The summed E-state index contributed by atoms with van der Waals surface area (Å²) in [6.07, 6.45) is 4.01. The number of methoxy groups -OCH3 is 1. The normalized spacial score (nSPS) is 14.2. The predicted molar refractivity (Wildman–Crippen MR) is 155 cm³/mol. The maximum atomic E-state index is 13.0. The monoisotopic (exact) mass is 613 g/mol. The van der Waals surface area contributed by atoms with E-state index in [0.29, 0.717) is 40.2 Å². The molecule has 6 nitrogen and oxygen atoms in total. The molecule has 0 atom stereocenters. The largest absolute Gasteiger partial charge is 0.493 e. The topological polar surface area (TPSA) is 65.1 Å². The van der Waals surface area contributed by atoms with Crippen molar-refractivity contribution in [3.63, 3.8) is 0 Å². The Hall–Kier alpha value is -3.20. The minimum absolute atomic E-state index is 0.137. The Morgan fingerprint density at radius 2 is 1.79 bits per heavy atom. The molecule has 0 radical (unpaired) electrons. The van der Waals surface area contributed by atoms with Crippen molar-refractivity contribution in [2.45, 2.75) is 13.0 Å². The highest BCUT2D eigenvalue weighted by Crippen LogP contribution is 2.37. The number of amides is 2. The van der Waals surface area contributed by atoms with Crippen molar-refractivity contribution in [1.82, 2.24) is 4.90 Å².